The van der Waals surface area contributed by atoms with Gasteiger partial charge in [-0.3, -0.25) is 19.2 Å². The van der Waals surface area contributed by atoms with E-state index in [2.05, 4.69) is 16.0 Å². The molecular weight excluding hydrogens is 1290 g/mol. The third kappa shape index (κ3) is 20.7. The van der Waals surface area contributed by atoms with E-state index in [1.54, 1.807) is 98.7 Å². The first-order valence-corrected chi connectivity index (χ1v) is 33.0. The van der Waals surface area contributed by atoms with Crippen molar-refractivity contribution in [3.05, 3.63) is 101 Å². The Balaban J connectivity index is 0.000000223. The molecule has 5 aromatic carbocycles. The van der Waals surface area contributed by atoms with Gasteiger partial charge in [-0.15, -0.1) is 0 Å². The van der Waals surface area contributed by atoms with Crippen molar-refractivity contribution in [3.8, 4) is 34.5 Å². The Morgan fingerprint density at radius 1 is 0.410 bits per heavy atom. The zero-order valence-electron chi connectivity index (χ0n) is 61.8. The zero-order valence-corrected chi connectivity index (χ0v) is 61.8. The van der Waals surface area contributed by atoms with Crippen molar-refractivity contribution in [1.29, 1.82) is 0 Å². The maximum Gasteiger partial charge on any atom is 0.408 e. The van der Waals surface area contributed by atoms with E-state index in [0.717, 1.165) is 22.8 Å². The molecule has 0 spiro atoms. The fourth-order valence-electron chi connectivity index (χ4n) is 10.5. The fraction of sp³-hybridized carbons (Fsp3) is 0.500. The topological polar surface area (TPSA) is 319 Å². The Hall–Kier alpha value is -9.74. The van der Waals surface area contributed by atoms with Gasteiger partial charge in [0.2, 0.25) is 11.6 Å². The second-order valence-electron chi connectivity index (χ2n) is 31.1. The number of rotatable bonds is 10. The van der Waals surface area contributed by atoms with Crippen LogP contribution in [0.1, 0.15) is 212 Å². The molecule has 5 aromatic rings. The first kappa shape index (κ1) is 79.2. The summed E-state index contributed by atoms with van der Waals surface area (Å²) in [5, 5.41) is 18.7. The Morgan fingerprint density at radius 3 is 1.12 bits per heavy atom. The third-order valence-electron chi connectivity index (χ3n) is 15.5. The normalized spacial score (nSPS) is 15.8. The van der Waals surface area contributed by atoms with Gasteiger partial charge in [-0.05, 0) is 184 Å². The lowest BCUT2D eigenvalue weighted by molar-refractivity contribution is -0.143. The van der Waals surface area contributed by atoms with E-state index in [1.165, 1.54) is 55.4 Å². The minimum atomic E-state index is -1.43. The van der Waals surface area contributed by atoms with Crippen LogP contribution in [-0.4, -0.2) is 115 Å². The molecule has 4 aliphatic rings. The number of amides is 3. The van der Waals surface area contributed by atoms with E-state index in [-0.39, 0.29) is 28.6 Å². The summed E-state index contributed by atoms with van der Waals surface area (Å²) < 4.78 is 56.8. The molecule has 3 amide bonds. The second kappa shape index (κ2) is 29.6. The number of alkyl carbamates (subject to hydrolysis) is 3. The molecule has 3 heterocycles. The molecule has 0 unspecified atom stereocenters. The molecule has 0 radical (unpaired) electrons. The molecule has 1 aliphatic carbocycles. The van der Waals surface area contributed by atoms with Crippen LogP contribution in [0.15, 0.2) is 78.4 Å². The summed E-state index contributed by atoms with van der Waals surface area (Å²) in [5.74, 6) is -2.19. The van der Waals surface area contributed by atoms with E-state index in [0.29, 0.717) is 82.4 Å². The van der Waals surface area contributed by atoms with E-state index in [9.17, 15) is 47.9 Å². The summed E-state index contributed by atoms with van der Waals surface area (Å²) in [6, 6.07) is 21.8. The SMILES string of the molecule is CC(=O)Oc1c(OC(=O)C(C)(C)NC(=O)OC(C)(C)C)c2c(c3ccccc13)OC(C)(C)CC2.CC(=O)Oc1c2c(c3ccccc3c1OC(=O)C(C)(C)NC(=O)OC(C)(C)C)OC(C)(C)CC2.CC(C)(C)OC(=O)NC(C)(C)C(=O)O.CC1(C)CCC2=C(O1)c1ccccc1C(=O)C2=O. The lowest BCUT2D eigenvalue weighted by Gasteiger charge is -2.36. The molecule has 9 rings (SSSR count). The van der Waals surface area contributed by atoms with Gasteiger partial charge < -0.3 is 68.4 Å². The molecular formula is C76H97N3O21. The van der Waals surface area contributed by atoms with Crippen LogP contribution in [-0.2, 0) is 60.6 Å². The molecule has 24 nitrogen and oxygen atoms in total. The standard InChI is InChI=1S/2C26H33NO7.C15H14O3.C9H17NO4/c1-15(28)31-21-18-13-14-25(5,6)33-19(18)16-11-9-10-12-17(16)20(21)32-22(29)26(7,8)27-23(30)34-24(2,3)4;1-15(28)31-20-17-12-10-9-11-16(17)19-18(13-14-25(5,6)33-19)21(20)32-22(29)26(7,8)27-23(30)34-24(2,3)4;1-15(2)8-7-11-13(17)12(16)9-5-3-4-6-10(9)14(11)18-15;1-8(2,3)14-7(13)10-9(4,5)6(11)12/h2*9-12H,13-14H2,1-8H3,(H,27,30);3-6H,7-8H2,1-2H3;1-5H3,(H,10,13)(H,11,12). The molecule has 4 N–H and O–H groups in total. The van der Waals surface area contributed by atoms with Gasteiger partial charge in [0.1, 0.15) is 67.5 Å². The second-order valence-corrected chi connectivity index (χ2v) is 31.1. The molecule has 0 saturated heterocycles. The van der Waals surface area contributed by atoms with Crippen LogP contribution >= 0.6 is 0 Å². The van der Waals surface area contributed by atoms with Crippen molar-refractivity contribution in [3.63, 3.8) is 0 Å². The quantitative estimate of drug-likeness (QED) is 0.0437. The Kier molecular flexibility index (Phi) is 23.5. The van der Waals surface area contributed by atoms with Gasteiger partial charge in [-0.1, -0.05) is 72.8 Å². The van der Waals surface area contributed by atoms with Gasteiger partial charge >= 0.3 is 48.1 Å². The van der Waals surface area contributed by atoms with Crippen LogP contribution < -0.4 is 44.4 Å². The minimum Gasteiger partial charge on any atom is -0.487 e. The van der Waals surface area contributed by atoms with E-state index in [4.69, 9.17) is 52.5 Å². The molecule has 0 aromatic heterocycles. The third-order valence-corrected chi connectivity index (χ3v) is 15.5. The number of aliphatic carboxylic acids is 1. The molecule has 0 fully saturated rings. The number of carboxylic acid groups (broad SMARTS) is 1. The van der Waals surface area contributed by atoms with Crippen molar-refractivity contribution >= 4 is 87.0 Å². The summed E-state index contributed by atoms with van der Waals surface area (Å²) in [6.45, 7) is 38.9. The number of carboxylic acids is 1. The molecule has 0 bridgehead atoms. The first-order chi connectivity index (χ1) is 45.7. The van der Waals surface area contributed by atoms with E-state index in [1.807, 2.05) is 77.9 Å². The zero-order chi connectivity index (χ0) is 75.4. The molecule has 0 saturated carbocycles. The predicted octanol–water partition coefficient (Wildman–Crippen LogP) is 14.3. The van der Waals surface area contributed by atoms with Gasteiger partial charge in [0.15, 0.2) is 23.0 Å². The predicted molar refractivity (Wildman–Crippen MR) is 373 cm³/mol. The largest absolute Gasteiger partial charge is 0.487 e. The lowest BCUT2D eigenvalue weighted by Crippen LogP contribution is -2.53. The molecule has 542 valence electrons. The van der Waals surface area contributed by atoms with Crippen LogP contribution in [0.2, 0.25) is 0 Å². The smallest absolute Gasteiger partial charge is 0.408 e. The number of ketones is 2. The summed E-state index contributed by atoms with van der Waals surface area (Å²) >= 11 is 0. The summed E-state index contributed by atoms with van der Waals surface area (Å²) in [5.41, 5.74) is -4.31. The van der Waals surface area contributed by atoms with Crippen molar-refractivity contribution in [2.24, 2.45) is 0 Å². The average Bonchev–Trinajstić information content (AvgIpc) is 0.756. The number of nitrogens with one attached hydrogen (secondary N) is 3. The highest BCUT2D eigenvalue weighted by atomic mass is 16.6. The Bertz CT molecular complexity index is 4090. The van der Waals surface area contributed by atoms with Crippen LogP contribution in [0.3, 0.4) is 0 Å². The molecule has 24 heteroatoms. The van der Waals surface area contributed by atoms with Gasteiger partial charge in [-0.2, -0.15) is 0 Å². The van der Waals surface area contributed by atoms with Gasteiger partial charge in [0.05, 0.1) is 0 Å². The number of ether oxygens (including phenoxy) is 10. The number of carbonyl (C=O) groups is 10. The van der Waals surface area contributed by atoms with Crippen molar-refractivity contribution < 1.29 is 100 Å². The van der Waals surface area contributed by atoms with Crippen LogP contribution in [0.4, 0.5) is 14.4 Å². The summed E-state index contributed by atoms with van der Waals surface area (Å²) in [7, 11) is 0. The van der Waals surface area contributed by atoms with Crippen molar-refractivity contribution in [2.45, 2.75) is 248 Å². The lowest BCUT2D eigenvalue weighted by atomic mass is 9.82. The summed E-state index contributed by atoms with van der Waals surface area (Å²) in [6.07, 6.45) is 1.61. The highest BCUT2D eigenvalue weighted by Crippen LogP contribution is 2.52. The van der Waals surface area contributed by atoms with E-state index < -0.39 is 104 Å². The average molecular weight is 1390 g/mol. The molecule has 0 atom stereocenters. The number of benzene rings is 5. The van der Waals surface area contributed by atoms with E-state index >= 15 is 0 Å². The Morgan fingerprint density at radius 2 is 0.730 bits per heavy atom. The monoisotopic (exact) mass is 1390 g/mol. The maximum absolute atomic E-state index is 13.2. The molecule has 100 heavy (non-hydrogen) atoms. The number of fused-ring (bicyclic) bond motifs is 8. The highest BCUT2D eigenvalue weighted by Gasteiger charge is 2.43. The number of hydrogen-bond donors (Lipinski definition) is 4. The van der Waals surface area contributed by atoms with Crippen LogP contribution in [0.5, 0.6) is 34.5 Å². The first-order valence-electron chi connectivity index (χ1n) is 33.0. The van der Waals surface area contributed by atoms with Crippen molar-refractivity contribution in [1.82, 2.24) is 16.0 Å². The van der Waals surface area contributed by atoms with Gasteiger partial charge in [-0.25, -0.2) is 28.8 Å². The van der Waals surface area contributed by atoms with Crippen LogP contribution in [0, 0.1) is 0 Å². The highest BCUT2D eigenvalue weighted by molar-refractivity contribution is 6.52. The van der Waals surface area contributed by atoms with Crippen LogP contribution in [0.25, 0.3) is 27.3 Å². The number of carbonyl (C=O) groups excluding carboxylic acids is 9. The van der Waals surface area contributed by atoms with Crippen molar-refractivity contribution in [2.75, 3.05) is 0 Å². The number of allylic oxidation sites excluding steroid dienone is 1. The number of Topliss-reactive ketones (excluding diaryl/α,β-unsaturated/α-hetero) is 2. The summed E-state index contributed by atoms with van der Waals surface area (Å²) in [4.78, 5) is 121. The van der Waals surface area contributed by atoms with Gasteiger partial charge in [0.25, 0.3) is 0 Å². The maximum atomic E-state index is 13.2. The Labute approximate surface area is 584 Å². The number of hydrogen-bond acceptors (Lipinski definition) is 20. The number of esters is 4. The fourth-order valence-corrected chi connectivity index (χ4v) is 10.5. The van der Waals surface area contributed by atoms with Gasteiger partial charge in [0, 0.05) is 63.2 Å². The minimum absolute atomic E-state index is 0.108. The molecule has 3 aliphatic heterocycles.